The number of amides is 2. The number of hydrogen-bond acceptors (Lipinski definition) is 5. The van der Waals surface area contributed by atoms with Crippen LogP contribution < -0.4 is 5.32 Å². The van der Waals surface area contributed by atoms with Crippen molar-refractivity contribution in [1.29, 1.82) is 0 Å². The maximum Gasteiger partial charge on any atom is 0.417 e. The van der Waals surface area contributed by atoms with E-state index < -0.39 is 22.7 Å². The number of nitrogens with one attached hydrogen (secondary N) is 1. The van der Waals surface area contributed by atoms with Crippen LogP contribution in [0.2, 0.25) is 5.02 Å². The van der Waals surface area contributed by atoms with E-state index in [9.17, 15) is 22.8 Å². The summed E-state index contributed by atoms with van der Waals surface area (Å²) in [5.41, 5.74) is 0.0220. The van der Waals surface area contributed by atoms with Crippen molar-refractivity contribution in [2.75, 3.05) is 31.5 Å². The Morgan fingerprint density at radius 2 is 1.86 bits per heavy atom. The first kappa shape index (κ1) is 27.4. The molecule has 1 aliphatic heterocycles. The molecule has 1 aliphatic rings. The molecule has 0 bridgehead atoms. The number of halogens is 4. The van der Waals surface area contributed by atoms with E-state index in [1.165, 1.54) is 6.07 Å². The molecule has 1 aromatic carbocycles. The summed E-state index contributed by atoms with van der Waals surface area (Å²) in [5, 5.41) is 5.17. The molecule has 2 aromatic rings. The van der Waals surface area contributed by atoms with Crippen LogP contribution in [0.3, 0.4) is 0 Å². The lowest BCUT2D eigenvalue weighted by molar-refractivity contribution is -0.137. The highest BCUT2D eigenvalue weighted by Gasteiger charge is 2.33. The standard InChI is InChI=1S/C24H30ClF3N4O2S/c1-23(2,3)22-30-17(15-35-22)14-31-9-4-10-32(12-11-31)21(34)8-7-20(33)29-16-5-6-19(25)18(13-16)24(26,27)28/h5-6,13,15H,4,7-12,14H2,1-3H3,(H,29,33). The Balaban J connectivity index is 1.47. The minimum atomic E-state index is -4.62. The van der Waals surface area contributed by atoms with Crippen LogP contribution in [0.15, 0.2) is 23.6 Å². The zero-order chi connectivity index (χ0) is 25.8. The molecule has 0 aliphatic carbocycles. The molecule has 0 saturated carbocycles. The summed E-state index contributed by atoms with van der Waals surface area (Å²) in [7, 11) is 0. The summed E-state index contributed by atoms with van der Waals surface area (Å²) in [6.07, 6.45) is -3.92. The summed E-state index contributed by atoms with van der Waals surface area (Å²) < 4.78 is 39.0. The summed E-state index contributed by atoms with van der Waals surface area (Å²) in [5.74, 6) is -0.666. The minimum absolute atomic E-state index is 0.00736. The molecule has 1 fully saturated rings. The van der Waals surface area contributed by atoms with E-state index in [0.717, 1.165) is 42.3 Å². The average Bonchev–Trinajstić information content (AvgIpc) is 3.11. The molecule has 1 aromatic heterocycles. The predicted octanol–water partition coefficient (Wildman–Crippen LogP) is 5.57. The van der Waals surface area contributed by atoms with Crippen molar-refractivity contribution in [2.24, 2.45) is 0 Å². The first-order chi connectivity index (χ1) is 16.3. The fourth-order valence-corrected chi connectivity index (χ4v) is 4.88. The maximum absolute atomic E-state index is 13.0. The van der Waals surface area contributed by atoms with Gasteiger partial charge in [0.2, 0.25) is 11.8 Å². The Labute approximate surface area is 212 Å². The number of hydrogen-bond donors (Lipinski definition) is 1. The van der Waals surface area contributed by atoms with Crippen molar-refractivity contribution in [1.82, 2.24) is 14.8 Å². The normalized spacial score (nSPS) is 15.7. The van der Waals surface area contributed by atoms with Crippen molar-refractivity contribution in [3.8, 4) is 0 Å². The van der Waals surface area contributed by atoms with E-state index >= 15 is 0 Å². The lowest BCUT2D eigenvalue weighted by Crippen LogP contribution is -2.35. The third-order valence-corrected chi connectivity index (χ3v) is 7.29. The number of carbonyl (C=O) groups is 2. The highest BCUT2D eigenvalue weighted by atomic mass is 35.5. The number of benzene rings is 1. The molecule has 2 heterocycles. The van der Waals surface area contributed by atoms with Gasteiger partial charge in [-0.05, 0) is 24.6 Å². The van der Waals surface area contributed by atoms with Gasteiger partial charge < -0.3 is 10.2 Å². The van der Waals surface area contributed by atoms with E-state index in [0.29, 0.717) is 19.6 Å². The lowest BCUT2D eigenvalue weighted by atomic mass is 9.98. The van der Waals surface area contributed by atoms with Gasteiger partial charge in [-0.1, -0.05) is 32.4 Å². The van der Waals surface area contributed by atoms with E-state index in [1.54, 1.807) is 16.2 Å². The predicted molar refractivity (Wildman–Crippen MR) is 132 cm³/mol. The lowest BCUT2D eigenvalue weighted by Gasteiger charge is -2.21. The Bertz CT molecular complexity index is 1050. The third kappa shape index (κ3) is 7.91. The number of rotatable bonds is 6. The summed E-state index contributed by atoms with van der Waals surface area (Å²) in [4.78, 5) is 33.7. The molecule has 35 heavy (non-hydrogen) atoms. The Morgan fingerprint density at radius 3 is 2.51 bits per heavy atom. The van der Waals surface area contributed by atoms with Gasteiger partial charge in [0.1, 0.15) is 0 Å². The van der Waals surface area contributed by atoms with Gasteiger partial charge in [0.05, 0.1) is 21.3 Å². The molecule has 1 saturated heterocycles. The molecule has 2 amide bonds. The first-order valence-corrected chi connectivity index (χ1v) is 12.7. The van der Waals surface area contributed by atoms with E-state index in [1.807, 2.05) is 0 Å². The second-order valence-electron chi connectivity index (χ2n) is 9.65. The van der Waals surface area contributed by atoms with E-state index in [2.05, 4.69) is 36.4 Å². The molecule has 3 rings (SSSR count). The fraction of sp³-hybridized carbons (Fsp3) is 0.542. The Hall–Kier alpha value is -2.17. The van der Waals surface area contributed by atoms with Gasteiger partial charge in [0.25, 0.3) is 0 Å². The third-order valence-electron chi connectivity index (χ3n) is 5.64. The van der Waals surface area contributed by atoms with Gasteiger partial charge >= 0.3 is 6.18 Å². The molecular formula is C24H30ClF3N4O2S. The van der Waals surface area contributed by atoms with Gasteiger partial charge in [0, 0.05) is 62.0 Å². The number of alkyl halides is 3. The maximum atomic E-state index is 13.0. The van der Waals surface area contributed by atoms with Gasteiger partial charge in [0.15, 0.2) is 0 Å². The highest BCUT2D eigenvalue weighted by Crippen LogP contribution is 2.36. The molecule has 1 N–H and O–H groups in total. The number of nitrogens with zero attached hydrogens (tertiary/aromatic N) is 3. The SMILES string of the molecule is CC(C)(C)c1nc(CN2CCCN(C(=O)CCC(=O)Nc3ccc(Cl)c(C(F)(F)F)c3)CC2)cs1. The molecule has 0 spiro atoms. The van der Waals surface area contributed by atoms with Crippen LogP contribution in [0, 0.1) is 0 Å². The second-order valence-corrected chi connectivity index (χ2v) is 10.9. The van der Waals surface area contributed by atoms with Crippen molar-refractivity contribution in [3.63, 3.8) is 0 Å². The summed E-state index contributed by atoms with van der Waals surface area (Å²) in [6.45, 7) is 9.88. The van der Waals surface area contributed by atoms with Crippen LogP contribution in [0.4, 0.5) is 18.9 Å². The van der Waals surface area contributed by atoms with Gasteiger partial charge in [-0.15, -0.1) is 11.3 Å². The van der Waals surface area contributed by atoms with Crippen LogP contribution in [0.1, 0.15) is 56.3 Å². The van der Waals surface area contributed by atoms with Crippen LogP contribution >= 0.6 is 22.9 Å². The Kier molecular flexibility index (Phi) is 8.82. The number of anilines is 1. The number of thiazole rings is 1. The van der Waals surface area contributed by atoms with Gasteiger partial charge in [-0.2, -0.15) is 13.2 Å². The molecule has 6 nitrogen and oxygen atoms in total. The first-order valence-electron chi connectivity index (χ1n) is 11.4. The Morgan fingerprint density at radius 1 is 1.11 bits per heavy atom. The van der Waals surface area contributed by atoms with Crippen molar-refractivity contribution in [3.05, 3.63) is 44.9 Å². The van der Waals surface area contributed by atoms with Gasteiger partial charge in [-0.3, -0.25) is 14.5 Å². The second kappa shape index (κ2) is 11.3. The van der Waals surface area contributed by atoms with Crippen molar-refractivity contribution in [2.45, 2.75) is 58.2 Å². The molecule has 0 atom stereocenters. The summed E-state index contributed by atoms with van der Waals surface area (Å²) >= 11 is 7.27. The van der Waals surface area contributed by atoms with Crippen molar-refractivity contribution < 1.29 is 22.8 Å². The molecule has 0 radical (unpaired) electrons. The van der Waals surface area contributed by atoms with E-state index in [4.69, 9.17) is 16.6 Å². The van der Waals surface area contributed by atoms with Crippen LogP contribution in [-0.4, -0.2) is 52.8 Å². The zero-order valence-electron chi connectivity index (χ0n) is 20.0. The molecule has 192 valence electrons. The average molecular weight is 531 g/mol. The highest BCUT2D eigenvalue weighted by molar-refractivity contribution is 7.09. The fourth-order valence-electron chi connectivity index (χ4n) is 3.75. The summed E-state index contributed by atoms with van der Waals surface area (Å²) in [6, 6.07) is 3.18. The minimum Gasteiger partial charge on any atom is -0.341 e. The number of carbonyl (C=O) groups excluding carboxylic acids is 2. The van der Waals surface area contributed by atoms with Crippen LogP contribution in [0.5, 0.6) is 0 Å². The monoisotopic (exact) mass is 530 g/mol. The number of aromatic nitrogens is 1. The molecule has 0 unspecified atom stereocenters. The zero-order valence-corrected chi connectivity index (χ0v) is 21.6. The van der Waals surface area contributed by atoms with Crippen LogP contribution in [-0.2, 0) is 27.7 Å². The van der Waals surface area contributed by atoms with Crippen LogP contribution in [0.25, 0.3) is 0 Å². The molecule has 11 heteroatoms. The smallest absolute Gasteiger partial charge is 0.341 e. The quantitative estimate of drug-likeness (QED) is 0.530. The van der Waals surface area contributed by atoms with E-state index in [-0.39, 0.29) is 29.9 Å². The van der Waals surface area contributed by atoms with Crippen molar-refractivity contribution >= 4 is 40.4 Å². The topological polar surface area (TPSA) is 65.5 Å². The van der Waals surface area contributed by atoms with Gasteiger partial charge in [-0.25, -0.2) is 4.98 Å². The molecular weight excluding hydrogens is 501 g/mol. The largest absolute Gasteiger partial charge is 0.417 e.